The molecule has 2 aliphatic rings. The molecule has 2 unspecified atom stereocenters. The molecule has 1 fully saturated rings. The van der Waals surface area contributed by atoms with Crippen LogP contribution in [0.3, 0.4) is 0 Å². The maximum Gasteiger partial charge on any atom is 0.119 e. The Labute approximate surface area is 179 Å². The highest BCUT2D eigenvalue weighted by atomic mass is 35.5. The fourth-order valence-electron chi connectivity index (χ4n) is 4.78. The number of hydrogen-bond donors (Lipinski definition) is 1. The maximum atomic E-state index is 6.53. The van der Waals surface area contributed by atoms with Gasteiger partial charge in [-0.2, -0.15) is 0 Å². The largest absolute Gasteiger partial charge is 0.492 e. The fourth-order valence-corrected chi connectivity index (χ4v) is 4.99. The van der Waals surface area contributed by atoms with Gasteiger partial charge in [-0.05, 0) is 80.1 Å². The highest BCUT2D eigenvalue weighted by molar-refractivity contribution is 6.31. The Balaban J connectivity index is 0.00000225. The Hall–Kier alpha value is -1.26. The molecule has 2 atom stereocenters. The quantitative estimate of drug-likeness (QED) is 0.726. The van der Waals surface area contributed by atoms with Gasteiger partial charge in [-0.1, -0.05) is 35.9 Å². The van der Waals surface area contributed by atoms with E-state index in [-0.39, 0.29) is 12.4 Å². The second kappa shape index (κ2) is 9.98. The van der Waals surface area contributed by atoms with Gasteiger partial charge in [-0.15, -0.1) is 12.4 Å². The molecule has 0 saturated carbocycles. The molecule has 4 rings (SSSR count). The number of hydrogen-bond acceptors (Lipinski definition) is 3. The van der Waals surface area contributed by atoms with Crippen LogP contribution in [0, 0.1) is 0 Å². The summed E-state index contributed by atoms with van der Waals surface area (Å²) < 4.78 is 5.84. The van der Waals surface area contributed by atoms with E-state index >= 15 is 0 Å². The SMILES string of the molecule is Cl.NCCOc1ccc2c(c1)C(Cc1ccccc1Cl)C(N1CCCC1)CC2. The number of likely N-dealkylation sites (tertiary alicyclic amines) is 1. The molecular weight excluding hydrogens is 391 g/mol. The molecule has 1 aliphatic carbocycles. The number of nitrogens with zero attached hydrogens (tertiary/aromatic N) is 1. The molecule has 2 N–H and O–H groups in total. The van der Waals surface area contributed by atoms with Crippen molar-refractivity contribution in [2.75, 3.05) is 26.2 Å². The molecule has 0 spiro atoms. The van der Waals surface area contributed by atoms with Crippen LogP contribution >= 0.6 is 24.0 Å². The van der Waals surface area contributed by atoms with Gasteiger partial charge >= 0.3 is 0 Å². The van der Waals surface area contributed by atoms with E-state index in [0.29, 0.717) is 25.1 Å². The number of nitrogens with two attached hydrogens (primary N) is 1. The monoisotopic (exact) mass is 420 g/mol. The highest BCUT2D eigenvalue weighted by Gasteiger charge is 2.35. The molecule has 28 heavy (non-hydrogen) atoms. The van der Waals surface area contributed by atoms with Crippen molar-refractivity contribution in [1.82, 2.24) is 4.90 Å². The minimum Gasteiger partial charge on any atom is -0.492 e. The highest BCUT2D eigenvalue weighted by Crippen LogP contribution is 2.40. The van der Waals surface area contributed by atoms with E-state index in [2.05, 4.69) is 35.2 Å². The second-order valence-electron chi connectivity index (χ2n) is 7.75. The molecule has 2 aromatic rings. The lowest BCUT2D eigenvalue weighted by atomic mass is 9.75. The van der Waals surface area contributed by atoms with Gasteiger partial charge in [0.2, 0.25) is 0 Å². The van der Waals surface area contributed by atoms with Crippen molar-refractivity contribution < 1.29 is 4.74 Å². The molecule has 1 heterocycles. The zero-order chi connectivity index (χ0) is 18.6. The number of rotatable bonds is 6. The Morgan fingerprint density at radius 1 is 1.11 bits per heavy atom. The first-order valence-corrected chi connectivity index (χ1v) is 10.6. The number of benzene rings is 2. The minimum atomic E-state index is 0. The molecule has 1 aliphatic heterocycles. The lowest BCUT2D eigenvalue weighted by Gasteiger charge is -2.39. The van der Waals surface area contributed by atoms with Gasteiger partial charge in [-0.3, -0.25) is 4.90 Å². The maximum absolute atomic E-state index is 6.53. The predicted octanol–water partition coefficient (Wildman–Crippen LogP) is 4.84. The first-order chi connectivity index (χ1) is 13.3. The van der Waals surface area contributed by atoms with Crippen LogP contribution in [-0.4, -0.2) is 37.2 Å². The van der Waals surface area contributed by atoms with E-state index in [1.165, 1.54) is 49.0 Å². The lowest BCUT2D eigenvalue weighted by Crippen LogP contribution is -2.41. The minimum absolute atomic E-state index is 0. The van der Waals surface area contributed by atoms with Gasteiger partial charge in [-0.25, -0.2) is 0 Å². The van der Waals surface area contributed by atoms with Gasteiger partial charge in [0.15, 0.2) is 0 Å². The standard InChI is InChI=1S/C23H29ClN2O.ClH/c24-22-6-2-1-5-18(22)15-21-20-16-19(27-14-11-25)9-7-17(20)8-10-23(21)26-12-3-4-13-26;/h1-2,5-7,9,16,21,23H,3-4,8,10-15,25H2;1H. The Kier molecular flexibility index (Phi) is 7.64. The summed E-state index contributed by atoms with van der Waals surface area (Å²) in [6.07, 6.45) is 6.00. The smallest absolute Gasteiger partial charge is 0.119 e. The average molecular weight is 421 g/mol. The van der Waals surface area contributed by atoms with E-state index in [4.69, 9.17) is 22.1 Å². The van der Waals surface area contributed by atoms with Crippen molar-refractivity contribution in [2.24, 2.45) is 5.73 Å². The van der Waals surface area contributed by atoms with Gasteiger partial charge in [0.1, 0.15) is 12.4 Å². The fraction of sp³-hybridized carbons (Fsp3) is 0.478. The van der Waals surface area contributed by atoms with Crippen LogP contribution in [0.25, 0.3) is 0 Å². The van der Waals surface area contributed by atoms with Crippen LogP contribution < -0.4 is 10.5 Å². The van der Waals surface area contributed by atoms with E-state index in [9.17, 15) is 0 Å². The second-order valence-corrected chi connectivity index (χ2v) is 8.16. The first kappa shape index (κ1) is 21.4. The van der Waals surface area contributed by atoms with Crippen LogP contribution in [0.4, 0.5) is 0 Å². The molecule has 0 bridgehead atoms. The van der Waals surface area contributed by atoms with Crippen molar-refractivity contribution in [2.45, 2.75) is 44.1 Å². The zero-order valence-corrected chi connectivity index (χ0v) is 17.9. The summed E-state index contributed by atoms with van der Waals surface area (Å²) in [6, 6.07) is 15.5. The normalized spacial score (nSPS) is 21.8. The molecule has 1 saturated heterocycles. The summed E-state index contributed by atoms with van der Waals surface area (Å²) >= 11 is 6.53. The number of aryl methyl sites for hydroxylation is 1. The average Bonchev–Trinajstić information content (AvgIpc) is 3.23. The van der Waals surface area contributed by atoms with Crippen molar-refractivity contribution >= 4 is 24.0 Å². The molecule has 2 aromatic carbocycles. The van der Waals surface area contributed by atoms with Crippen molar-refractivity contribution in [3.05, 3.63) is 64.2 Å². The Bertz CT molecular complexity index is 777. The topological polar surface area (TPSA) is 38.5 Å². The van der Waals surface area contributed by atoms with Crippen molar-refractivity contribution in [1.29, 1.82) is 0 Å². The van der Waals surface area contributed by atoms with Crippen molar-refractivity contribution in [3.63, 3.8) is 0 Å². The summed E-state index contributed by atoms with van der Waals surface area (Å²) in [5, 5.41) is 0.875. The van der Waals surface area contributed by atoms with Gasteiger partial charge < -0.3 is 10.5 Å². The molecule has 5 heteroatoms. The summed E-state index contributed by atoms with van der Waals surface area (Å²) in [6.45, 7) is 3.55. The van der Waals surface area contributed by atoms with Gasteiger partial charge in [0, 0.05) is 23.5 Å². The van der Waals surface area contributed by atoms with Crippen molar-refractivity contribution in [3.8, 4) is 5.75 Å². The third-order valence-corrected chi connectivity index (χ3v) is 6.45. The number of fused-ring (bicyclic) bond motifs is 1. The van der Waals surface area contributed by atoms with Crippen LogP contribution in [0.1, 0.15) is 41.9 Å². The molecular formula is C23H30Cl2N2O. The van der Waals surface area contributed by atoms with Gasteiger partial charge in [0.25, 0.3) is 0 Å². The summed E-state index contributed by atoms with van der Waals surface area (Å²) in [5.41, 5.74) is 9.76. The third-order valence-electron chi connectivity index (χ3n) is 6.08. The molecule has 0 aromatic heterocycles. The van der Waals surface area contributed by atoms with Crippen LogP contribution in [0.5, 0.6) is 5.75 Å². The van der Waals surface area contributed by atoms with E-state index < -0.39 is 0 Å². The van der Waals surface area contributed by atoms with E-state index in [1.54, 1.807) is 0 Å². The predicted molar refractivity (Wildman–Crippen MR) is 119 cm³/mol. The van der Waals surface area contributed by atoms with Crippen LogP contribution in [0.15, 0.2) is 42.5 Å². The summed E-state index contributed by atoms with van der Waals surface area (Å²) in [7, 11) is 0. The van der Waals surface area contributed by atoms with Crippen LogP contribution in [-0.2, 0) is 12.8 Å². The number of ether oxygens (including phenoxy) is 1. The molecule has 0 radical (unpaired) electrons. The van der Waals surface area contributed by atoms with Crippen LogP contribution in [0.2, 0.25) is 5.02 Å². The third kappa shape index (κ3) is 4.65. The summed E-state index contributed by atoms with van der Waals surface area (Å²) in [5.74, 6) is 1.39. The van der Waals surface area contributed by atoms with Gasteiger partial charge in [0.05, 0.1) is 0 Å². The molecule has 0 amide bonds. The summed E-state index contributed by atoms with van der Waals surface area (Å²) in [4.78, 5) is 2.71. The van der Waals surface area contributed by atoms with E-state index in [0.717, 1.165) is 23.6 Å². The Morgan fingerprint density at radius 3 is 2.64 bits per heavy atom. The number of halogens is 2. The lowest BCUT2D eigenvalue weighted by molar-refractivity contribution is 0.188. The first-order valence-electron chi connectivity index (χ1n) is 10.2. The zero-order valence-electron chi connectivity index (χ0n) is 16.3. The molecule has 3 nitrogen and oxygen atoms in total. The molecule has 152 valence electrons. The van der Waals surface area contributed by atoms with E-state index in [1.807, 2.05) is 12.1 Å². The Morgan fingerprint density at radius 2 is 1.89 bits per heavy atom.